The van der Waals surface area contributed by atoms with Crippen LogP contribution in [0.4, 0.5) is 0 Å². The molecule has 2 unspecified atom stereocenters. The number of ether oxygens (including phenoxy) is 1. The SMILES string of the molecule is COC(=O)C(NCC1CCCS1)C1CC1. The molecular weight excluding hydrogens is 210 g/mol. The molecule has 1 saturated carbocycles. The van der Waals surface area contributed by atoms with Crippen molar-refractivity contribution in [1.29, 1.82) is 0 Å². The smallest absolute Gasteiger partial charge is 0.323 e. The molecule has 0 bridgehead atoms. The Kier molecular flexibility index (Phi) is 3.92. The summed E-state index contributed by atoms with van der Waals surface area (Å²) in [5, 5.41) is 4.08. The Morgan fingerprint density at radius 3 is 2.87 bits per heavy atom. The molecule has 1 aliphatic heterocycles. The van der Waals surface area contributed by atoms with Gasteiger partial charge in [-0.3, -0.25) is 4.79 Å². The highest BCUT2D eigenvalue weighted by Crippen LogP contribution is 2.33. The summed E-state index contributed by atoms with van der Waals surface area (Å²) < 4.78 is 4.82. The molecular formula is C11H19NO2S. The highest BCUT2D eigenvalue weighted by molar-refractivity contribution is 8.00. The van der Waals surface area contributed by atoms with Crippen LogP contribution >= 0.6 is 11.8 Å². The van der Waals surface area contributed by atoms with Gasteiger partial charge in [-0.05, 0) is 37.4 Å². The molecule has 0 aromatic heterocycles. The summed E-state index contributed by atoms with van der Waals surface area (Å²) in [7, 11) is 1.48. The summed E-state index contributed by atoms with van der Waals surface area (Å²) in [6, 6.07) is -0.0452. The first-order valence-electron chi connectivity index (χ1n) is 5.74. The van der Waals surface area contributed by atoms with E-state index in [1.165, 1.54) is 38.5 Å². The van der Waals surface area contributed by atoms with Crippen molar-refractivity contribution in [2.24, 2.45) is 5.92 Å². The number of carbonyl (C=O) groups is 1. The third-order valence-electron chi connectivity index (χ3n) is 3.14. The minimum Gasteiger partial charge on any atom is -0.468 e. The lowest BCUT2D eigenvalue weighted by molar-refractivity contribution is -0.143. The van der Waals surface area contributed by atoms with Crippen molar-refractivity contribution in [2.75, 3.05) is 19.4 Å². The van der Waals surface area contributed by atoms with E-state index in [4.69, 9.17) is 4.74 Å². The topological polar surface area (TPSA) is 38.3 Å². The van der Waals surface area contributed by atoms with Crippen molar-refractivity contribution in [3.05, 3.63) is 0 Å². The van der Waals surface area contributed by atoms with Gasteiger partial charge in [-0.1, -0.05) is 0 Å². The normalized spacial score (nSPS) is 27.7. The van der Waals surface area contributed by atoms with E-state index in [1.54, 1.807) is 0 Å². The maximum absolute atomic E-state index is 11.5. The maximum Gasteiger partial charge on any atom is 0.323 e. The third-order valence-corrected chi connectivity index (χ3v) is 4.54. The largest absolute Gasteiger partial charge is 0.468 e. The summed E-state index contributed by atoms with van der Waals surface area (Å²) in [6.07, 6.45) is 4.95. The number of hydrogen-bond donors (Lipinski definition) is 1. The van der Waals surface area contributed by atoms with E-state index in [2.05, 4.69) is 5.32 Å². The van der Waals surface area contributed by atoms with Crippen molar-refractivity contribution < 1.29 is 9.53 Å². The van der Waals surface area contributed by atoms with E-state index in [0.29, 0.717) is 11.2 Å². The van der Waals surface area contributed by atoms with Crippen LogP contribution in [-0.4, -0.2) is 36.7 Å². The Morgan fingerprint density at radius 2 is 2.33 bits per heavy atom. The number of hydrogen-bond acceptors (Lipinski definition) is 4. The van der Waals surface area contributed by atoms with Gasteiger partial charge in [0.1, 0.15) is 6.04 Å². The highest BCUT2D eigenvalue weighted by Gasteiger charge is 2.37. The lowest BCUT2D eigenvalue weighted by Crippen LogP contribution is -2.42. The number of esters is 1. The molecule has 3 nitrogen and oxygen atoms in total. The van der Waals surface area contributed by atoms with Gasteiger partial charge < -0.3 is 10.1 Å². The number of thioether (sulfide) groups is 1. The van der Waals surface area contributed by atoms with Crippen LogP contribution in [0.5, 0.6) is 0 Å². The van der Waals surface area contributed by atoms with Gasteiger partial charge in [0.2, 0.25) is 0 Å². The van der Waals surface area contributed by atoms with Crippen molar-refractivity contribution >= 4 is 17.7 Å². The molecule has 1 heterocycles. The summed E-state index contributed by atoms with van der Waals surface area (Å²) in [5.74, 6) is 1.72. The number of methoxy groups -OCH3 is 1. The first-order valence-corrected chi connectivity index (χ1v) is 6.79. The van der Waals surface area contributed by atoms with E-state index < -0.39 is 0 Å². The summed E-state index contributed by atoms with van der Waals surface area (Å²) in [4.78, 5) is 11.5. The first-order chi connectivity index (χ1) is 7.31. The molecule has 1 aliphatic carbocycles. The van der Waals surface area contributed by atoms with Crippen molar-refractivity contribution in [3.8, 4) is 0 Å². The molecule has 0 aromatic carbocycles. The van der Waals surface area contributed by atoms with E-state index in [-0.39, 0.29) is 12.0 Å². The molecule has 86 valence electrons. The van der Waals surface area contributed by atoms with Crippen LogP contribution in [0.15, 0.2) is 0 Å². The summed E-state index contributed by atoms with van der Waals surface area (Å²) in [5.41, 5.74) is 0. The second-order valence-corrected chi connectivity index (χ2v) is 5.79. The molecule has 1 N–H and O–H groups in total. The van der Waals surface area contributed by atoms with E-state index in [0.717, 1.165) is 6.54 Å². The van der Waals surface area contributed by atoms with Gasteiger partial charge in [-0.15, -0.1) is 0 Å². The Hall–Kier alpha value is -0.220. The Bertz CT molecular complexity index is 225. The Labute approximate surface area is 95.3 Å². The number of carbonyl (C=O) groups excluding carboxylic acids is 1. The van der Waals surface area contributed by atoms with E-state index in [9.17, 15) is 4.79 Å². The minimum absolute atomic E-state index is 0.0452. The second kappa shape index (κ2) is 5.21. The molecule has 0 aromatic rings. The molecule has 15 heavy (non-hydrogen) atoms. The van der Waals surface area contributed by atoms with Gasteiger partial charge in [0, 0.05) is 11.8 Å². The highest BCUT2D eigenvalue weighted by atomic mass is 32.2. The molecule has 1 saturated heterocycles. The maximum atomic E-state index is 11.5. The van der Waals surface area contributed by atoms with Gasteiger partial charge >= 0.3 is 5.97 Å². The number of rotatable bonds is 5. The van der Waals surface area contributed by atoms with Crippen LogP contribution in [0, 0.1) is 5.92 Å². The monoisotopic (exact) mass is 229 g/mol. The molecule has 0 radical (unpaired) electrons. The predicted octanol–water partition coefficient (Wildman–Crippen LogP) is 1.42. The van der Waals surface area contributed by atoms with E-state index in [1.807, 2.05) is 11.8 Å². The summed E-state index contributed by atoms with van der Waals surface area (Å²) in [6.45, 7) is 0.959. The van der Waals surface area contributed by atoms with Crippen molar-refractivity contribution in [3.63, 3.8) is 0 Å². The molecule has 0 amide bonds. The van der Waals surface area contributed by atoms with Gasteiger partial charge in [-0.25, -0.2) is 0 Å². The van der Waals surface area contributed by atoms with Crippen LogP contribution < -0.4 is 5.32 Å². The average molecular weight is 229 g/mol. The summed E-state index contributed by atoms with van der Waals surface area (Å²) >= 11 is 2.02. The van der Waals surface area contributed by atoms with Gasteiger partial charge in [0.25, 0.3) is 0 Å². The van der Waals surface area contributed by atoms with Gasteiger partial charge in [0.15, 0.2) is 0 Å². The minimum atomic E-state index is -0.0829. The van der Waals surface area contributed by atoms with Crippen LogP contribution in [-0.2, 0) is 9.53 Å². The molecule has 0 spiro atoms. The van der Waals surface area contributed by atoms with Crippen molar-refractivity contribution in [2.45, 2.75) is 37.0 Å². The molecule has 2 fully saturated rings. The lowest BCUT2D eigenvalue weighted by atomic mass is 10.1. The second-order valence-electron chi connectivity index (χ2n) is 4.38. The zero-order valence-electron chi connectivity index (χ0n) is 9.20. The third kappa shape index (κ3) is 3.11. The van der Waals surface area contributed by atoms with Crippen LogP contribution in [0.3, 0.4) is 0 Å². The lowest BCUT2D eigenvalue weighted by Gasteiger charge is -2.18. The van der Waals surface area contributed by atoms with Gasteiger partial charge in [0.05, 0.1) is 7.11 Å². The van der Waals surface area contributed by atoms with Crippen molar-refractivity contribution in [1.82, 2.24) is 5.32 Å². The zero-order valence-corrected chi connectivity index (χ0v) is 10.0. The zero-order chi connectivity index (χ0) is 10.7. The average Bonchev–Trinajstić information content (AvgIpc) is 2.95. The molecule has 2 aliphatic rings. The molecule has 2 rings (SSSR count). The predicted molar refractivity (Wildman–Crippen MR) is 62.0 cm³/mol. The fourth-order valence-corrected chi connectivity index (χ4v) is 3.28. The van der Waals surface area contributed by atoms with Crippen LogP contribution in [0.2, 0.25) is 0 Å². The number of nitrogens with one attached hydrogen (secondary N) is 1. The Balaban J connectivity index is 1.75. The first kappa shape index (κ1) is 11.3. The standard InChI is InChI=1S/C11H19NO2S/c1-14-11(13)10(8-4-5-8)12-7-9-3-2-6-15-9/h8-10,12H,2-7H2,1H3. The van der Waals surface area contributed by atoms with Gasteiger partial charge in [-0.2, -0.15) is 11.8 Å². The van der Waals surface area contributed by atoms with Crippen LogP contribution in [0.1, 0.15) is 25.7 Å². The molecule has 2 atom stereocenters. The molecule has 4 heteroatoms. The quantitative estimate of drug-likeness (QED) is 0.724. The Morgan fingerprint density at radius 1 is 1.53 bits per heavy atom. The van der Waals surface area contributed by atoms with Crippen LogP contribution in [0.25, 0.3) is 0 Å². The van der Waals surface area contributed by atoms with E-state index >= 15 is 0 Å². The fourth-order valence-electron chi connectivity index (χ4n) is 2.06. The fraction of sp³-hybridized carbons (Fsp3) is 0.909.